The molecule has 2 saturated heterocycles. The zero-order valence-corrected chi connectivity index (χ0v) is 32.2. The highest BCUT2D eigenvalue weighted by Gasteiger charge is 2.63. The summed E-state index contributed by atoms with van der Waals surface area (Å²) in [6.45, 7) is 6.20. The van der Waals surface area contributed by atoms with Crippen LogP contribution >= 0.6 is 0 Å². The number of aliphatic hydroxyl groups is 2. The van der Waals surface area contributed by atoms with Crippen molar-refractivity contribution in [2.75, 3.05) is 26.9 Å². The maximum absolute atomic E-state index is 13.3. The summed E-state index contributed by atoms with van der Waals surface area (Å²) < 4.78 is 48.1. The number of carbonyl (C=O) groups excluding carboxylic acids is 3. The van der Waals surface area contributed by atoms with E-state index in [1.807, 2.05) is 60.7 Å². The highest BCUT2D eigenvalue weighted by molar-refractivity contribution is 5.86. The number of hydrogen-bond acceptors (Lipinski definition) is 13. The normalized spacial score (nSPS) is 26.8. The van der Waals surface area contributed by atoms with Crippen molar-refractivity contribution in [3.63, 3.8) is 0 Å². The number of benzene rings is 2. The highest BCUT2D eigenvalue weighted by Crippen LogP contribution is 2.39. The van der Waals surface area contributed by atoms with Gasteiger partial charge in [-0.2, -0.15) is 0 Å². The molecule has 2 aromatic rings. The van der Waals surface area contributed by atoms with Crippen LogP contribution in [0.2, 0.25) is 0 Å². The highest BCUT2D eigenvalue weighted by atomic mass is 16.8. The molecule has 2 fully saturated rings. The molecule has 0 spiro atoms. The third-order valence-electron chi connectivity index (χ3n) is 9.55. The van der Waals surface area contributed by atoms with E-state index in [0.29, 0.717) is 12.8 Å². The van der Waals surface area contributed by atoms with Crippen LogP contribution < -0.4 is 0 Å². The van der Waals surface area contributed by atoms with Crippen molar-refractivity contribution in [3.8, 4) is 0 Å². The van der Waals surface area contributed by atoms with Crippen LogP contribution in [0.5, 0.6) is 0 Å². The lowest BCUT2D eigenvalue weighted by Gasteiger charge is -2.34. The first kappa shape index (κ1) is 43.5. The first-order valence-corrected chi connectivity index (χ1v) is 18.9. The zero-order chi connectivity index (χ0) is 39.1. The van der Waals surface area contributed by atoms with Gasteiger partial charge in [0.2, 0.25) is 5.60 Å². The van der Waals surface area contributed by atoms with Gasteiger partial charge in [-0.15, -0.1) is 0 Å². The molecule has 0 aromatic heterocycles. The summed E-state index contributed by atoms with van der Waals surface area (Å²) in [4.78, 5) is 37.5. The quantitative estimate of drug-likeness (QED) is 0.124. The third-order valence-corrected chi connectivity index (χ3v) is 9.55. The van der Waals surface area contributed by atoms with E-state index in [0.717, 1.165) is 43.2 Å². The summed E-state index contributed by atoms with van der Waals surface area (Å²) >= 11 is 0. The van der Waals surface area contributed by atoms with Gasteiger partial charge in [-0.25, -0.2) is 0 Å². The van der Waals surface area contributed by atoms with Gasteiger partial charge in [0.1, 0.15) is 37.1 Å². The number of unbranched alkanes of at least 4 members (excludes halogenated alkanes) is 5. The third kappa shape index (κ3) is 12.1. The molecule has 2 N–H and O–H groups in total. The first-order valence-electron chi connectivity index (χ1n) is 18.9. The lowest BCUT2D eigenvalue weighted by Crippen LogP contribution is -2.57. The van der Waals surface area contributed by atoms with Gasteiger partial charge in [0.05, 0.1) is 32.3 Å². The zero-order valence-electron chi connectivity index (χ0n) is 32.2. The summed E-state index contributed by atoms with van der Waals surface area (Å²) in [5.74, 6) is -1.32. The molecule has 2 heterocycles. The van der Waals surface area contributed by atoms with E-state index in [1.54, 1.807) is 20.8 Å². The van der Waals surface area contributed by atoms with Gasteiger partial charge < -0.3 is 48.1 Å². The number of ether oxygens (including phenoxy) is 8. The maximum atomic E-state index is 13.3. The van der Waals surface area contributed by atoms with E-state index in [1.165, 1.54) is 14.0 Å². The molecule has 0 amide bonds. The predicted molar refractivity (Wildman–Crippen MR) is 196 cm³/mol. The average Bonchev–Trinajstić information content (AvgIpc) is 3.64. The Labute approximate surface area is 318 Å². The minimum absolute atomic E-state index is 0.0429. The van der Waals surface area contributed by atoms with Crippen LogP contribution in [0.4, 0.5) is 0 Å². The average molecular weight is 759 g/mol. The lowest BCUT2D eigenvalue weighted by atomic mass is 9.90. The van der Waals surface area contributed by atoms with E-state index in [9.17, 15) is 24.6 Å². The summed E-state index contributed by atoms with van der Waals surface area (Å²) in [6.07, 6.45) is -2.32. The van der Waals surface area contributed by atoms with Crippen molar-refractivity contribution in [1.82, 2.24) is 0 Å². The van der Waals surface area contributed by atoms with Crippen LogP contribution in [0.25, 0.3) is 0 Å². The molecule has 2 aliphatic rings. The summed E-state index contributed by atoms with van der Waals surface area (Å²) in [5, 5.41) is 22.4. The van der Waals surface area contributed by atoms with E-state index in [4.69, 9.17) is 37.9 Å². The molecule has 0 saturated carbocycles. The standard InChI is InChI=1S/C41H58O13/c1-28(43)41(46)36(50-26-30-20-14-11-15-21-30)31(24-42)53-39(41)54-35-34(49-25-29-18-12-10-13-19-29)32(27-51-38(45)40(2,3)4)52-37(35)48-23-17-9-7-6-8-16-22-33(44)47-5/h10-15,18-21,31-32,34-37,39,42,46H,6-9,16-17,22-27H2,1-5H3/t31-,32-,34-,35+,36-,37+,39+,41+/m1/s1. The van der Waals surface area contributed by atoms with Crippen molar-refractivity contribution < 1.29 is 62.5 Å². The van der Waals surface area contributed by atoms with E-state index in [2.05, 4.69) is 0 Å². The first-order chi connectivity index (χ1) is 25.9. The minimum Gasteiger partial charge on any atom is -0.469 e. The van der Waals surface area contributed by atoms with Crippen LogP contribution in [-0.4, -0.2) is 104 Å². The topological polar surface area (TPSA) is 166 Å². The van der Waals surface area contributed by atoms with Crippen LogP contribution in [0.3, 0.4) is 0 Å². The van der Waals surface area contributed by atoms with Crippen molar-refractivity contribution in [3.05, 3.63) is 71.8 Å². The molecule has 0 bridgehead atoms. The van der Waals surface area contributed by atoms with Gasteiger partial charge in [-0.1, -0.05) is 86.3 Å². The molecule has 13 nitrogen and oxygen atoms in total. The van der Waals surface area contributed by atoms with Gasteiger partial charge in [0.25, 0.3) is 0 Å². The number of Topliss-reactive ketones (excluding diaryl/α,β-unsaturated/α-hetero) is 1. The second-order valence-electron chi connectivity index (χ2n) is 14.9. The Morgan fingerprint density at radius 1 is 0.778 bits per heavy atom. The van der Waals surface area contributed by atoms with E-state index < -0.39 is 72.5 Å². The molecule has 8 atom stereocenters. The molecular weight excluding hydrogens is 700 g/mol. The molecule has 2 aromatic carbocycles. The monoisotopic (exact) mass is 758 g/mol. The van der Waals surface area contributed by atoms with Gasteiger partial charge in [-0.3, -0.25) is 14.4 Å². The summed E-state index contributed by atoms with van der Waals surface area (Å²) in [6, 6.07) is 18.7. The summed E-state index contributed by atoms with van der Waals surface area (Å²) in [5.41, 5.74) is -1.43. The Hall–Kier alpha value is -3.27. The molecular formula is C41H58O13. The molecule has 4 rings (SSSR count). The number of hydrogen-bond donors (Lipinski definition) is 2. The largest absolute Gasteiger partial charge is 0.469 e. The fraction of sp³-hybridized carbons (Fsp3) is 0.634. The Morgan fingerprint density at radius 3 is 1.94 bits per heavy atom. The second kappa shape index (κ2) is 21.1. The Kier molecular flexibility index (Phi) is 17.0. The number of carbonyl (C=O) groups is 3. The molecule has 0 radical (unpaired) electrons. The maximum Gasteiger partial charge on any atom is 0.311 e. The van der Waals surface area contributed by atoms with Crippen LogP contribution in [0.1, 0.15) is 83.8 Å². The van der Waals surface area contributed by atoms with E-state index >= 15 is 0 Å². The molecule has 0 aliphatic carbocycles. The number of esters is 2. The molecule has 13 heteroatoms. The summed E-state index contributed by atoms with van der Waals surface area (Å²) in [7, 11) is 1.39. The second-order valence-corrected chi connectivity index (χ2v) is 14.9. The van der Waals surface area contributed by atoms with Gasteiger partial charge in [0.15, 0.2) is 18.4 Å². The molecule has 2 aliphatic heterocycles. The Morgan fingerprint density at radius 2 is 1.37 bits per heavy atom. The van der Waals surface area contributed by atoms with Gasteiger partial charge in [-0.05, 0) is 51.7 Å². The fourth-order valence-corrected chi connectivity index (χ4v) is 6.36. The number of aliphatic hydroxyl groups excluding tert-OH is 1. The fourth-order valence-electron chi connectivity index (χ4n) is 6.36. The van der Waals surface area contributed by atoms with Gasteiger partial charge >= 0.3 is 11.9 Å². The SMILES string of the molecule is COC(=O)CCCCCCCCO[C@H]1O[C@H](COC(=O)C(C)(C)C)[C@@H](OCc2ccccc2)[C@@H]1O[C@@H]1O[C@H](CO)[C@@H](OCc2ccccc2)[C@@]1(O)C(C)=O. The van der Waals surface area contributed by atoms with Crippen LogP contribution in [-0.2, 0) is 65.5 Å². The minimum atomic E-state index is -2.32. The Bertz CT molecular complexity index is 1430. The predicted octanol–water partition coefficient (Wildman–Crippen LogP) is 4.81. The van der Waals surface area contributed by atoms with Crippen molar-refractivity contribution in [1.29, 1.82) is 0 Å². The molecule has 54 heavy (non-hydrogen) atoms. The van der Waals surface area contributed by atoms with Crippen molar-refractivity contribution >= 4 is 17.7 Å². The van der Waals surface area contributed by atoms with Crippen LogP contribution in [0.15, 0.2) is 60.7 Å². The van der Waals surface area contributed by atoms with Gasteiger partial charge in [0, 0.05) is 13.0 Å². The number of ketones is 1. The van der Waals surface area contributed by atoms with Crippen molar-refractivity contribution in [2.24, 2.45) is 5.41 Å². The number of rotatable bonds is 22. The lowest BCUT2D eigenvalue weighted by molar-refractivity contribution is -0.264. The van der Waals surface area contributed by atoms with Crippen LogP contribution in [0, 0.1) is 5.41 Å². The number of methoxy groups -OCH3 is 1. The Balaban J connectivity index is 1.54. The van der Waals surface area contributed by atoms with Crippen molar-refractivity contribution in [2.45, 2.75) is 135 Å². The molecule has 300 valence electrons. The van der Waals surface area contributed by atoms with E-state index in [-0.39, 0.29) is 32.4 Å². The smallest absolute Gasteiger partial charge is 0.311 e. The molecule has 0 unspecified atom stereocenters.